The molecule has 5 heteroatoms. The molecule has 1 amide bonds. The molecule has 1 aliphatic heterocycles. The second-order valence-electron chi connectivity index (χ2n) is 5.06. The lowest BCUT2D eigenvalue weighted by Crippen LogP contribution is -2.36. The minimum absolute atomic E-state index is 0.136. The Kier molecular flexibility index (Phi) is 3.25. The Morgan fingerprint density at radius 2 is 1.95 bits per heavy atom. The number of fused-ring (bicyclic) bond motifs is 1. The number of benzene rings is 2. The normalized spacial score (nSPS) is 13.9. The Morgan fingerprint density at radius 3 is 2.71 bits per heavy atom. The number of phenols is 2. The molecule has 0 saturated carbocycles. The third kappa shape index (κ3) is 2.42. The highest BCUT2D eigenvalue weighted by molar-refractivity contribution is 5.97. The molecule has 108 valence electrons. The third-order valence-corrected chi connectivity index (χ3v) is 3.69. The van der Waals surface area contributed by atoms with Crippen LogP contribution in [0.15, 0.2) is 36.4 Å². The fraction of sp³-hybridized carbons (Fsp3) is 0.188. The molecule has 1 heterocycles. The van der Waals surface area contributed by atoms with Gasteiger partial charge in [0.25, 0.3) is 5.91 Å². The summed E-state index contributed by atoms with van der Waals surface area (Å²) in [6, 6.07) is 8.84. The summed E-state index contributed by atoms with van der Waals surface area (Å²) in [4.78, 5) is 13.9. The standard InChI is InChI=1S/C16H14FNO3/c17-13-2-1-3-14(20)15(13)16(21)18-7-6-10-4-5-12(19)8-11(10)9-18/h1-5,8,19-20H,6-7,9H2. The summed E-state index contributed by atoms with van der Waals surface area (Å²) >= 11 is 0. The van der Waals surface area contributed by atoms with Gasteiger partial charge in [0.1, 0.15) is 22.9 Å². The number of carbonyl (C=O) groups is 1. The van der Waals surface area contributed by atoms with Crippen LogP contribution >= 0.6 is 0 Å². The summed E-state index contributed by atoms with van der Waals surface area (Å²) in [5, 5.41) is 19.2. The molecule has 0 unspecified atom stereocenters. The number of nitrogens with zero attached hydrogens (tertiary/aromatic N) is 1. The van der Waals surface area contributed by atoms with Crippen LogP contribution in [0.1, 0.15) is 21.5 Å². The van der Waals surface area contributed by atoms with E-state index in [1.54, 1.807) is 12.1 Å². The zero-order valence-corrected chi connectivity index (χ0v) is 11.2. The molecule has 21 heavy (non-hydrogen) atoms. The smallest absolute Gasteiger partial charge is 0.260 e. The van der Waals surface area contributed by atoms with Crippen molar-refractivity contribution in [3.05, 3.63) is 58.9 Å². The van der Waals surface area contributed by atoms with E-state index in [0.29, 0.717) is 13.0 Å². The van der Waals surface area contributed by atoms with E-state index in [0.717, 1.165) is 17.2 Å². The van der Waals surface area contributed by atoms with Gasteiger partial charge in [0.05, 0.1) is 0 Å². The van der Waals surface area contributed by atoms with Crippen molar-refractivity contribution >= 4 is 5.91 Å². The van der Waals surface area contributed by atoms with Crippen LogP contribution in [0.2, 0.25) is 0 Å². The molecule has 2 aromatic carbocycles. The molecular formula is C16H14FNO3. The second kappa shape index (κ2) is 5.09. The Hall–Kier alpha value is -2.56. The zero-order valence-electron chi connectivity index (χ0n) is 11.2. The van der Waals surface area contributed by atoms with E-state index in [1.165, 1.54) is 17.0 Å². The Morgan fingerprint density at radius 1 is 1.14 bits per heavy atom. The van der Waals surface area contributed by atoms with E-state index in [4.69, 9.17) is 0 Å². The number of aromatic hydroxyl groups is 2. The minimum atomic E-state index is -0.735. The van der Waals surface area contributed by atoms with Gasteiger partial charge in [-0.2, -0.15) is 0 Å². The molecule has 0 aliphatic carbocycles. The van der Waals surface area contributed by atoms with Crippen LogP contribution in [-0.4, -0.2) is 27.6 Å². The molecule has 0 saturated heterocycles. The van der Waals surface area contributed by atoms with Gasteiger partial charge in [0.15, 0.2) is 0 Å². The number of phenolic OH excluding ortho intramolecular Hbond substituents is 2. The van der Waals surface area contributed by atoms with Crippen LogP contribution in [0.3, 0.4) is 0 Å². The maximum absolute atomic E-state index is 13.8. The molecule has 0 bridgehead atoms. The summed E-state index contributed by atoms with van der Waals surface area (Å²) in [5.41, 5.74) is 1.60. The molecule has 4 nitrogen and oxygen atoms in total. The first-order valence-electron chi connectivity index (χ1n) is 6.64. The number of rotatable bonds is 1. The van der Waals surface area contributed by atoms with Gasteiger partial charge in [-0.15, -0.1) is 0 Å². The maximum atomic E-state index is 13.8. The van der Waals surface area contributed by atoms with Crippen LogP contribution in [-0.2, 0) is 13.0 Å². The molecule has 1 aliphatic rings. The van der Waals surface area contributed by atoms with Crippen LogP contribution in [0.25, 0.3) is 0 Å². The molecule has 0 fully saturated rings. The van der Waals surface area contributed by atoms with E-state index in [-0.39, 0.29) is 23.6 Å². The predicted octanol–water partition coefficient (Wildman–Crippen LogP) is 2.44. The van der Waals surface area contributed by atoms with Gasteiger partial charge in [-0.25, -0.2) is 4.39 Å². The summed E-state index contributed by atoms with van der Waals surface area (Å²) in [6.07, 6.45) is 0.635. The van der Waals surface area contributed by atoms with Gasteiger partial charge in [-0.1, -0.05) is 12.1 Å². The average Bonchev–Trinajstić information content (AvgIpc) is 2.46. The van der Waals surface area contributed by atoms with E-state index in [2.05, 4.69) is 0 Å². The van der Waals surface area contributed by atoms with Crippen molar-refractivity contribution in [2.45, 2.75) is 13.0 Å². The molecule has 0 radical (unpaired) electrons. The molecule has 3 rings (SSSR count). The molecule has 2 aromatic rings. The second-order valence-corrected chi connectivity index (χ2v) is 5.06. The highest BCUT2D eigenvalue weighted by atomic mass is 19.1. The largest absolute Gasteiger partial charge is 0.508 e. The van der Waals surface area contributed by atoms with Gasteiger partial charge in [0, 0.05) is 13.1 Å². The van der Waals surface area contributed by atoms with Gasteiger partial charge in [0.2, 0.25) is 0 Å². The quantitative estimate of drug-likeness (QED) is 0.847. The van der Waals surface area contributed by atoms with E-state index in [9.17, 15) is 19.4 Å². The van der Waals surface area contributed by atoms with Crippen LogP contribution < -0.4 is 0 Å². The Labute approximate surface area is 121 Å². The maximum Gasteiger partial charge on any atom is 0.260 e. The first kappa shape index (κ1) is 13.4. The summed E-state index contributed by atoms with van der Waals surface area (Å²) in [6.45, 7) is 0.737. The van der Waals surface area contributed by atoms with Crippen LogP contribution in [0.5, 0.6) is 11.5 Å². The van der Waals surface area contributed by atoms with Gasteiger partial charge in [-0.3, -0.25) is 4.79 Å². The predicted molar refractivity (Wildman–Crippen MR) is 74.6 cm³/mol. The molecule has 0 spiro atoms. The van der Waals surface area contributed by atoms with Crippen molar-refractivity contribution in [2.24, 2.45) is 0 Å². The number of halogens is 1. The number of hydrogen-bond acceptors (Lipinski definition) is 3. The summed E-state index contributed by atoms with van der Waals surface area (Å²) < 4.78 is 13.8. The van der Waals surface area contributed by atoms with Crippen molar-refractivity contribution in [1.82, 2.24) is 4.90 Å². The molecule has 0 aromatic heterocycles. The summed E-state index contributed by atoms with van der Waals surface area (Å²) in [7, 11) is 0. The van der Waals surface area contributed by atoms with Crippen molar-refractivity contribution in [3.63, 3.8) is 0 Å². The SMILES string of the molecule is O=C(c1c(O)cccc1F)N1CCc2ccc(O)cc2C1. The lowest BCUT2D eigenvalue weighted by atomic mass is 9.98. The van der Waals surface area contributed by atoms with Gasteiger partial charge in [-0.05, 0) is 41.8 Å². The fourth-order valence-corrected chi connectivity index (χ4v) is 2.60. The molecule has 2 N–H and O–H groups in total. The first-order valence-corrected chi connectivity index (χ1v) is 6.64. The lowest BCUT2D eigenvalue weighted by Gasteiger charge is -2.29. The van der Waals surface area contributed by atoms with Crippen molar-refractivity contribution in [3.8, 4) is 11.5 Å². The number of carbonyl (C=O) groups excluding carboxylic acids is 1. The molecule has 0 atom stereocenters. The van der Waals surface area contributed by atoms with E-state index < -0.39 is 11.7 Å². The minimum Gasteiger partial charge on any atom is -0.508 e. The first-order chi connectivity index (χ1) is 10.1. The third-order valence-electron chi connectivity index (χ3n) is 3.69. The zero-order chi connectivity index (χ0) is 15.0. The highest BCUT2D eigenvalue weighted by Gasteiger charge is 2.26. The number of amides is 1. The fourth-order valence-electron chi connectivity index (χ4n) is 2.60. The molecular weight excluding hydrogens is 273 g/mol. The van der Waals surface area contributed by atoms with E-state index >= 15 is 0 Å². The Bertz CT molecular complexity index is 694. The van der Waals surface area contributed by atoms with Gasteiger partial charge < -0.3 is 15.1 Å². The lowest BCUT2D eigenvalue weighted by molar-refractivity contribution is 0.0726. The topological polar surface area (TPSA) is 60.8 Å². The monoisotopic (exact) mass is 287 g/mol. The Balaban J connectivity index is 1.91. The highest BCUT2D eigenvalue weighted by Crippen LogP contribution is 2.27. The van der Waals surface area contributed by atoms with Crippen LogP contribution in [0.4, 0.5) is 4.39 Å². The van der Waals surface area contributed by atoms with Crippen LogP contribution in [0, 0.1) is 5.82 Å². The average molecular weight is 287 g/mol. The van der Waals surface area contributed by atoms with E-state index in [1.807, 2.05) is 6.07 Å². The number of hydrogen-bond donors (Lipinski definition) is 2. The van der Waals surface area contributed by atoms with Crippen molar-refractivity contribution < 1.29 is 19.4 Å². The van der Waals surface area contributed by atoms with Crippen molar-refractivity contribution in [2.75, 3.05) is 6.54 Å². The summed E-state index contributed by atoms with van der Waals surface area (Å²) in [5.74, 6) is -1.50. The van der Waals surface area contributed by atoms with Gasteiger partial charge >= 0.3 is 0 Å². The van der Waals surface area contributed by atoms with Crippen molar-refractivity contribution in [1.29, 1.82) is 0 Å².